The van der Waals surface area contributed by atoms with E-state index in [1.165, 1.54) is 98.5 Å². The van der Waals surface area contributed by atoms with Crippen LogP contribution in [0.15, 0.2) is 156 Å². The predicted molar refractivity (Wildman–Crippen MR) is 364 cm³/mol. The van der Waals surface area contributed by atoms with Crippen molar-refractivity contribution in [2.75, 3.05) is 14.7 Å². The van der Waals surface area contributed by atoms with Crippen LogP contribution in [0.1, 0.15) is 182 Å². The highest BCUT2D eigenvalue weighted by molar-refractivity contribution is 7.26. The van der Waals surface area contributed by atoms with Crippen LogP contribution in [0.3, 0.4) is 0 Å². The minimum absolute atomic E-state index is 0.00475. The van der Waals surface area contributed by atoms with Crippen LogP contribution in [-0.2, 0) is 37.9 Å². The Morgan fingerprint density at radius 3 is 1.62 bits per heavy atom. The number of thiophene rings is 1. The fourth-order valence-electron chi connectivity index (χ4n) is 14.9. The summed E-state index contributed by atoms with van der Waals surface area (Å²) in [6, 6.07) is 59.8. The van der Waals surface area contributed by atoms with Gasteiger partial charge in [-0.15, -0.1) is 11.3 Å². The third kappa shape index (κ3) is 8.48. The van der Waals surface area contributed by atoms with E-state index in [2.05, 4.69) is 284 Å². The van der Waals surface area contributed by atoms with Gasteiger partial charge in [-0.25, -0.2) is 0 Å². The number of rotatable bonds is 5. The molecule has 0 saturated heterocycles. The topological polar surface area (TPSA) is 22.9 Å². The van der Waals surface area contributed by atoms with E-state index in [-0.39, 0.29) is 44.6 Å². The molecular weight excluding hydrogens is 1040 g/mol. The predicted octanol–water partition coefficient (Wildman–Crippen LogP) is 20.9. The molecule has 10 aromatic rings. The number of fused-ring (bicyclic) bond motifs is 11. The molecule has 0 amide bonds. The van der Waals surface area contributed by atoms with Gasteiger partial charge in [-0.3, -0.25) is 0 Å². The Balaban J connectivity index is 1.16. The fourth-order valence-corrected chi connectivity index (χ4v) is 16.1. The molecule has 2 aromatic heterocycles. The molecule has 14 rings (SSSR count). The number of benzene rings is 8. The molecule has 0 fully saturated rings. The van der Waals surface area contributed by atoms with Crippen molar-refractivity contribution < 1.29 is 4.42 Å². The number of anilines is 9. The van der Waals surface area contributed by atoms with Gasteiger partial charge in [0.2, 0.25) is 0 Å². The van der Waals surface area contributed by atoms with E-state index in [9.17, 15) is 0 Å². The van der Waals surface area contributed by atoms with E-state index < -0.39 is 0 Å². The van der Waals surface area contributed by atoms with Crippen molar-refractivity contribution in [2.45, 2.75) is 181 Å². The molecule has 84 heavy (non-hydrogen) atoms. The lowest BCUT2D eigenvalue weighted by Gasteiger charge is -2.47. The van der Waals surface area contributed by atoms with E-state index in [1.54, 1.807) is 0 Å². The Morgan fingerprint density at radius 1 is 0.452 bits per heavy atom. The SMILES string of the molecule is CC(C)(C)c1ccc(N2c3cc(N(c4ccc(C(C)(C)C)cc4)c4cccc5c4sc4ccccc45)cc4c3B(c3cc5c(cc3N4c3ccc4c(c3)C(C)(C)CCC4(C)C)C(C)(C)CCC5(C)C)c3oc4ccc(C(C)(C)C)cc4c32)cc1. The lowest BCUT2D eigenvalue weighted by atomic mass is 9.35. The number of nitrogens with zero attached hydrogens (tertiary/aromatic N) is 3. The molecular formula is C78H84BN3OS. The first-order chi connectivity index (χ1) is 39.5. The first kappa shape index (κ1) is 54.9. The second-order valence-electron chi connectivity index (χ2n) is 31.2. The van der Waals surface area contributed by atoms with Crippen LogP contribution in [0.25, 0.3) is 31.1 Å². The molecule has 8 aromatic carbocycles. The molecule has 426 valence electrons. The minimum Gasteiger partial charge on any atom is -0.468 e. The molecule has 0 atom stereocenters. The molecule has 0 unspecified atom stereocenters. The van der Waals surface area contributed by atoms with E-state index in [1.807, 2.05) is 11.3 Å². The standard InChI is InChI=1S/C78H84BN3OS/c1-72(2,3)47-25-30-50(31-26-47)80(62-23-20-22-55-54-21-18-19-24-67(54)84-70(55)62)53-43-64-68-65(44-53)82(51-32-27-48(28-33-51)73(4,5)6)69-56-41-49(74(7,8)9)29-36-66(56)83-71(69)79(68)61-45-59-60(78(16,17)40-39-77(59,14)15)46-63(61)81(64)52-34-35-57-58(42-52)76(12,13)38-37-75(57,10)11/h18-36,41-46H,37-40H2,1-17H3. The van der Waals surface area contributed by atoms with Gasteiger partial charge < -0.3 is 19.1 Å². The summed E-state index contributed by atoms with van der Waals surface area (Å²) in [4.78, 5) is 7.90. The molecule has 4 nitrogen and oxygen atoms in total. The van der Waals surface area contributed by atoms with Crippen LogP contribution in [0, 0.1) is 0 Å². The maximum absolute atomic E-state index is 7.66. The van der Waals surface area contributed by atoms with E-state index in [0.29, 0.717) is 0 Å². The molecule has 6 heteroatoms. The molecule has 0 bridgehead atoms. The lowest BCUT2D eigenvalue weighted by Crippen LogP contribution is -2.61. The van der Waals surface area contributed by atoms with Gasteiger partial charge in [0, 0.05) is 55.0 Å². The van der Waals surface area contributed by atoms with Crippen molar-refractivity contribution in [2.24, 2.45) is 0 Å². The largest absolute Gasteiger partial charge is 0.468 e. The molecule has 0 radical (unpaired) electrons. The Morgan fingerprint density at radius 2 is 0.988 bits per heavy atom. The van der Waals surface area contributed by atoms with Crippen LogP contribution in [-0.4, -0.2) is 6.71 Å². The summed E-state index contributed by atoms with van der Waals surface area (Å²) in [6.45, 7) is 40.5. The third-order valence-electron chi connectivity index (χ3n) is 20.4. The van der Waals surface area contributed by atoms with E-state index in [0.717, 1.165) is 65.1 Å². The molecule has 4 heterocycles. The van der Waals surface area contributed by atoms with E-state index >= 15 is 0 Å². The first-order valence-corrected chi connectivity index (χ1v) is 31.9. The Labute approximate surface area is 505 Å². The van der Waals surface area contributed by atoms with Gasteiger partial charge in [0.1, 0.15) is 5.58 Å². The average Bonchev–Trinajstić information content (AvgIpc) is 1.14. The second-order valence-corrected chi connectivity index (χ2v) is 32.2. The summed E-state index contributed by atoms with van der Waals surface area (Å²) >= 11 is 1.90. The van der Waals surface area contributed by atoms with Crippen molar-refractivity contribution in [1.29, 1.82) is 0 Å². The smallest absolute Gasteiger partial charge is 0.297 e. The lowest BCUT2D eigenvalue weighted by molar-refractivity contribution is 0.332. The number of furan rings is 1. The zero-order valence-electron chi connectivity index (χ0n) is 53.0. The maximum Gasteiger partial charge on any atom is 0.297 e. The van der Waals surface area contributed by atoms with Gasteiger partial charge in [0.15, 0.2) is 0 Å². The second kappa shape index (κ2) is 18.3. The Hall–Kier alpha value is -7.02. The molecule has 0 saturated carbocycles. The molecule has 4 aliphatic rings. The van der Waals surface area contributed by atoms with Crippen molar-refractivity contribution in [3.8, 4) is 0 Å². The zero-order chi connectivity index (χ0) is 59.2. The van der Waals surface area contributed by atoms with Crippen LogP contribution >= 0.6 is 11.3 Å². The van der Waals surface area contributed by atoms with Crippen molar-refractivity contribution in [1.82, 2.24) is 0 Å². The summed E-state index contributed by atoms with van der Waals surface area (Å²) in [5, 5.41) is 3.71. The van der Waals surface area contributed by atoms with Gasteiger partial charge in [-0.2, -0.15) is 0 Å². The van der Waals surface area contributed by atoms with Gasteiger partial charge in [0.05, 0.1) is 27.4 Å². The normalized spacial score (nSPS) is 17.5. The Bertz CT molecular complexity index is 4340. The molecule has 0 N–H and O–H groups in total. The first-order valence-electron chi connectivity index (χ1n) is 31.1. The zero-order valence-corrected chi connectivity index (χ0v) is 53.8. The average molecular weight is 1120 g/mol. The Kier molecular flexibility index (Phi) is 11.9. The van der Waals surface area contributed by atoms with Crippen LogP contribution in [0.5, 0.6) is 0 Å². The van der Waals surface area contributed by atoms with Gasteiger partial charge in [0.25, 0.3) is 6.71 Å². The number of hydrogen-bond acceptors (Lipinski definition) is 5. The van der Waals surface area contributed by atoms with Crippen LogP contribution in [0.2, 0.25) is 0 Å². The van der Waals surface area contributed by atoms with E-state index in [4.69, 9.17) is 4.42 Å². The quantitative estimate of drug-likeness (QED) is 0.160. The highest BCUT2D eigenvalue weighted by Crippen LogP contribution is 2.56. The maximum atomic E-state index is 7.66. The molecule has 0 spiro atoms. The van der Waals surface area contributed by atoms with Crippen LogP contribution < -0.4 is 31.3 Å². The van der Waals surface area contributed by atoms with Crippen molar-refractivity contribution in [3.05, 3.63) is 191 Å². The monoisotopic (exact) mass is 1120 g/mol. The molecule has 2 aliphatic carbocycles. The fraction of sp³-hybridized carbons (Fsp3) is 0.359. The summed E-state index contributed by atoms with van der Waals surface area (Å²) in [5.41, 5.74) is 24.5. The summed E-state index contributed by atoms with van der Waals surface area (Å²) in [6.07, 6.45) is 4.55. The van der Waals surface area contributed by atoms with Crippen LogP contribution in [0.4, 0.5) is 51.2 Å². The van der Waals surface area contributed by atoms with Crippen molar-refractivity contribution in [3.63, 3.8) is 0 Å². The summed E-state index contributed by atoms with van der Waals surface area (Å²) in [5.74, 6) is 0. The highest BCUT2D eigenvalue weighted by atomic mass is 32.1. The minimum atomic E-state index is -0.217. The molecule has 2 aliphatic heterocycles. The third-order valence-corrected chi connectivity index (χ3v) is 21.7. The summed E-state index contributed by atoms with van der Waals surface area (Å²) in [7, 11) is 0. The highest BCUT2D eigenvalue weighted by Gasteiger charge is 2.50. The van der Waals surface area contributed by atoms with Gasteiger partial charge >= 0.3 is 0 Å². The van der Waals surface area contributed by atoms with Crippen molar-refractivity contribution >= 4 is 117 Å². The van der Waals surface area contributed by atoms with Gasteiger partial charge in [-0.05, 0) is 192 Å². The van der Waals surface area contributed by atoms with Gasteiger partial charge in [-0.1, -0.05) is 190 Å². The number of hydrogen-bond donors (Lipinski definition) is 0. The summed E-state index contributed by atoms with van der Waals surface area (Å²) < 4.78 is 10.2.